The van der Waals surface area contributed by atoms with Crippen molar-refractivity contribution in [3.63, 3.8) is 0 Å². The lowest BCUT2D eigenvalue weighted by atomic mass is 9.92. The molecule has 26 heavy (non-hydrogen) atoms. The van der Waals surface area contributed by atoms with Gasteiger partial charge in [-0.05, 0) is 29.0 Å². The second kappa shape index (κ2) is 9.34. The predicted molar refractivity (Wildman–Crippen MR) is 106 cm³/mol. The van der Waals surface area contributed by atoms with E-state index in [9.17, 15) is 4.79 Å². The van der Waals surface area contributed by atoms with Gasteiger partial charge in [0.15, 0.2) is 0 Å². The summed E-state index contributed by atoms with van der Waals surface area (Å²) in [6.45, 7) is 9.69. The number of benzene rings is 1. The quantitative estimate of drug-likeness (QED) is 0.687. The molecule has 1 amide bonds. The molecule has 0 saturated heterocycles. The van der Waals surface area contributed by atoms with Gasteiger partial charge >= 0.3 is 0 Å². The van der Waals surface area contributed by atoms with Gasteiger partial charge in [-0.3, -0.25) is 9.78 Å². The van der Waals surface area contributed by atoms with E-state index in [4.69, 9.17) is 4.74 Å². The summed E-state index contributed by atoms with van der Waals surface area (Å²) in [5.74, 6) is 0.633. The number of rotatable bonds is 8. The molecule has 0 aliphatic rings. The largest absolute Gasteiger partial charge is 0.383 e. The first-order valence-electron chi connectivity index (χ1n) is 9.06. The molecule has 0 unspecified atom stereocenters. The van der Waals surface area contributed by atoms with Gasteiger partial charge in [-0.25, -0.2) is 0 Å². The first kappa shape index (κ1) is 19.9. The Balaban J connectivity index is 2.29. The number of hydrogen-bond acceptors (Lipinski definition) is 4. The maximum atomic E-state index is 12.2. The second-order valence-corrected chi connectivity index (χ2v) is 6.96. The molecule has 140 valence electrons. The summed E-state index contributed by atoms with van der Waals surface area (Å²) in [5.41, 5.74) is 4.95. The molecule has 0 spiro atoms. The highest BCUT2D eigenvalue weighted by Crippen LogP contribution is 2.34. The Hall–Kier alpha value is -2.40. The van der Waals surface area contributed by atoms with Crippen LogP contribution in [0.2, 0.25) is 0 Å². The molecule has 1 heterocycles. The van der Waals surface area contributed by atoms with Crippen molar-refractivity contribution in [2.24, 2.45) is 0 Å². The van der Waals surface area contributed by atoms with Crippen LogP contribution in [0.3, 0.4) is 0 Å². The van der Waals surface area contributed by atoms with Gasteiger partial charge in [-0.15, -0.1) is 0 Å². The summed E-state index contributed by atoms with van der Waals surface area (Å²) in [6, 6.07) is 8.23. The molecule has 5 heteroatoms. The smallest absolute Gasteiger partial charge is 0.253 e. The monoisotopic (exact) mass is 355 g/mol. The molecular weight excluding hydrogens is 326 g/mol. The van der Waals surface area contributed by atoms with Gasteiger partial charge < -0.3 is 15.4 Å². The summed E-state index contributed by atoms with van der Waals surface area (Å²) in [4.78, 5) is 16.5. The second-order valence-electron chi connectivity index (χ2n) is 6.96. The van der Waals surface area contributed by atoms with E-state index in [2.05, 4.69) is 61.5 Å². The molecule has 2 N–H and O–H groups in total. The highest BCUT2D eigenvalue weighted by atomic mass is 16.5. The molecule has 5 nitrogen and oxygen atoms in total. The van der Waals surface area contributed by atoms with Crippen LogP contribution in [0, 0.1) is 0 Å². The average Bonchev–Trinajstić information content (AvgIpc) is 2.61. The van der Waals surface area contributed by atoms with Crippen molar-refractivity contribution < 1.29 is 9.53 Å². The summed E-state index contributed by atoms with van der Waals surface area (Å²) in [6.07, 6.45) is 3.32. The summed E-state index contributed by atoms with van der Waals surface area (Å²) in [7, 11) is 1.61. The van der Waals surface area contributed by atoms with E-state index in [1.807, 2.05) is 6.07 Å². The van der Waals surface area contributed by atoms with Gasteiger partial charge in [0.2, 0.25) is 0 Å². The zero-order chi connectivity index (χ0) is 19.1. The van der Waals surface area contributed by atoms with Gasteiger partial charge in [-0.2, -0.15) is 0 Å². The first-order chi connectivity index (χ1) is 12.4. The van der Waals surface area contributed by atoms with E-state index in [0.29, 0.717) is 30.6 Å². The number of methoxy groups -OCH3 is 1. The normalized spacial score (nSPS) is 11.0. The Kier molecular flexibility index (Phi) is 7.16. The fourth-order valence-electron chi connectivity index (χ4n) is 2.84. The molecule has 1 aromatic carbocycles. The molecule has 0 aliphatic carbocycles. The van der Waals surface area contributed by atoms with E-state index in [-0.39, 0.29) is 5.91 Å². The average molecular weight is 355 g/mol. The standard InChI is InChI=1S/C21H29N3O2/c1-14(2)18-7-6-8-19(15(3)4)20(18)24-17-11-16(12-22-13-17)21(25)23-9-10-26-5/h6-8,11-15,24H,9-10H2,1-5H3,(H,23,25). The zero-order valence-corrected chi connectivity index (χ0v) is 16.3. The summed E-state index contributed by atoms with van der Waals surface area (Å²) in [5, 5.41) is 6.32. The molecule has 0 saturated carbocycles. The third kappa shape index (κ3) is 5.05. The molecule has 2 aromatic rings. The van der Waals surface area contributed by atoms with E-state index in [0.717, 1.165) is 11.4 Å². The van der Waals surface area contributed by atoms with Crippen LogP contribution in [0.1, 0.15) is 61.0 Å². The number of ether oxygens (including phenoxy) is 1. The number of amides is 1. The van der Waals surface area contributed by atoms with Gasteiger partial charge in [0.25, 0.3) is 5.91 Å². The van der Waals surface area contributed by atoms with Crippen molar-refractivity contribution in [3.05, 3.63) is 53.3 Å². The third-order valence-corrected chi connectivity index (χ3v) is 4.23. The highest BCUT2D eigenvalue weighted by Gasteiger charge is 2.15. The van der Waals surface area contributed by atoms with Crippen LogP contribution in [0.25, 0.3) is 0 Å². The Morgan fingerprint density at radius 2 is 1.77 bits per heavy atom. The number of hydrogen-bond donors (Lipinski definition) is 2. The lowest BCUT2D eigenvalue weighted by Crippen LogP contribution is -2.27. The van der Waals surface area contributed by atoms with Gasteiger partial charge in [0.1, 0.15) is 0 Å². The van der Waals surface area contributed by atoms with Crippen LogP contribution >= 0.6 is 0 Å². The van der Waals surface area contributed by atoms with Crippen LogP contribution in [0.5, 0.6) is 0 Å². The maximum absolute atomic E-state index is 12.2. The Morgan fingerprint density at radius 1 is 1.12 bits per heavy atom. The van der Waals surface area contributed by atoms with Crippen molar-refractivity contribution in [3.8, 4) is 0 Å². The SMILES string of the molecule is COCCNC(=O)c1cncc(Nc2c(C(C)C)cccc2C(C)C)c1. The van der Waals surface area contributed by atoms with Crippen molar-refractivity contribution in [1.29, 1.82) is 0 Å². The molecule has 1 aromatic heterocycles. The molecule has 2 rings (SSSR count). The fourth-order valence-corrected chi connectivity index (χ4v) is 2.84. The van der Waals surface area contributed by atoms with Crippen LogP contribution in [-0.4, -0.2) is 31.2 Å². The third-order valence-electron chi connectivity index (χ3n) is 4.23. The van der Waals surface area contributed by atoms with E-state index < -0.39 is 0 Å². The van der Waals surface area contributed by atoms with Crippen LogP contribution in [-0.2, 0) is 4.74 Å². The minimum absolute atomic E-state index is 0.153. The molecule has 0 aliphatic heterocycles. The fraction of sp³-hybridized carbons (Fsp3) is 0.429. The number of pyridine rings is 1. The number of nitrogens with zero attached hydrogens (tertiary/aromatic N) is 1. The number of nitrogens with one attached hydrogen (secondary N) is 2. The van der Waals surface area contributed by atoms with Crippen molar-refractivity contribution in [2.45, 2.75) is 39.5 Å². The minimum atomic E-state index is -0.153. The minimum Gasteiger partial charge on any atom is -0.383 e. The lowest BCUT2D eigenvalue weighted by molar-refractivity contribution is 0.0937. The molecule has 0 radical (unpaired) electrons. The first-order valence-corrected chi connectivity index (χ1v) is 9.06. The van der Waals surface area contributed by atoms with Crippen molar-refractivity contribution >= 4 is 17.3 Å². The van der Waals surface area contributed by atoms with Crippen molar-refractivity contribution in [2.75, 3.05) is 25.6 Å². The molecular formula is C21H29N3O2. The predicted octanol–water partition coefficient (Wildman–Crippen LogP) is 4.45. The lowest BCUT2D eigenvalue weighted by Gasteiger charge is -2.21. The van der Waals surface area contributed by atoms with Gasteiger partial charge in [0, 0.05) is 25.5 Å². The Morgan fingerprint density at radius 3 is 2.35 bits per heavy atom. The molecule has 0 atom stereocenters. The maximum Gasteiger partial charge on any atom is 0.253 e. The summed E-state index contributed by atoms with van der Waals surface area (Å²) < 4.78 is 4.96. The number of anilines is 2. The topological polar surface area (TPSA) is 63.2 Å². The van der Waals surface area contributed by atoms with Gasteiger partial charge in [0.05, 0.1) is 24.1 Å². The number of carbonyl (C=O) groups excluding carboxylic acids is 1. The number of carbonyl (C=O) groups is 1. The Labute approximate surface area is 156 Å². The van der Waals surface area contributed by atoms with E-state index >= 15 is 0 Å². The molecule has 0 bridgehead atoms. The van der Waals surface area contributed by atoms with E-state index in [1.54, 1.807) is 19.5 Å². The highest BCUT2D eigenvalue weighted by molar-refractivity contribution is 5.94. The Bertz CT molecular complexity index is 716. The zero-order valence-electron chi connectivity index (χ0n) is 16.3. The molecule has 0 fully saturated rings. The van der Waals surface area contributed by atoms with Crippen molar-refractivity contribution in [1.82, 2.24) is 10.3 Å². The van der Waals surface area contributed by atoms with Crippen LogP contribution in [0.4, 0.5) is 11.4 Å². The van der Waals surface area contributed by atoms with Crippen LogP contribution < -0.4 is 10.6 Å². The van der Waals surface area contributed by atoms with E-state index in [1.165, 1.54) is 11.1 Å². The number of para-hydroxylation sites is 1. The van der Waals surface area contributed by atoms with Crippen LogP contribution in [0.15, 0.2) is 36.7 Å². The van der Waals surface area contributed by atoms with Gasteiger partial charge in [-0.1, -0.05) is 45.9 Å². The summed E-state index contributed by atoms with van der Waals surface area (Å²) >= 11 is 0. The number of aromatic nitrogens is 1.